The molecule has 1 saturated carbocycles. The summed E-state index contributed by atoms with van der Waals surface area (Å²) >= 11 is 1.15. The minimum Gasteiger partial charge on any atom is -0.335 e. The zero-order valence-corrected chi connectivity index (χ0v) is 18.2. The molecule has 1 aliphatic rings. The highest BCUT2D eigenvalue weighted by molar-refractivity contribution is 8.00. The number of hydrogen-bond acceptors (Lipinski definition) is 5. The highest BCUT2D eigenvalue weighted by atomic mass is 32.2. The number of nitrogens with zero attached hydrogens (tertiary/aromatic N) is 2. The average Bonchev–Trinajstić information content (AvgIpc) is 3.58. The van der Waals surface area contributed by atoms with Crippen LogP contribution in [0, 0.1) is 0 Å². The minimum absolute atomic E-state index is 0.161. The quantitative estimate of drug-likeness (QED) is 0.456. The first-order chi connectivity index (χ1) is 15.0. The van der Waals surface area contributed by atoms with Gasteiger partial charge in [0.05, 0.1) is 21.8 Å². The first kappa shape index (κ1) is 21.1. The van der Waals surface area contributed by atoms with E-state index in [0.717, 1.165) is 36.6 Å². The molecule has 7 nitrogen and oxygen atoms in total. The van der Waals surface area contributed by atoms with Gasteiger partial charge in [-0.15, -0.1) is 0 Å². The maximum atomic E-state index is 13.3. The first-order valence-corrected chi connectivity index (χ1v) is 11.2. The molecule has 1 aliphatic carbocycles. The van der Waals surface area contributed by atoms with Crippen LogP contribution in [-0.4, -0.2) is 32.8 Å². The van der Waals surface area contributed by atoms with Crippen molar-refractivity contribution in [3.8, 4) is 5.69 Å². The number of nitrogens with one attached hydrogen (secondary N) is 2. The minimum atomic E-state index is -0.626. The van der Waals surface area contributed by atoms with Crippen LogP contribution in [0.4, 0.5) is 4.79 Å². The van der Waals surface area contributed by atoms with Gasteiger partial charge in [-0.1, -0.05) is 43.0 Å². The summed E-state index contributed by atoms with van der Waals surface area (Å²) in [7, 11) is 0. The molecule has 2 aromatic carbocycles. The van der Waals surface area contributed by atoms with Crippen LogP contribution in [0.5, 0.6) is 0 Å². The first-order valence-electron chi connectivity index (χ1n) is 10.4. The van der Waals surface area contributed by atoms with E-state index in [-0.39, 0.29) is 11.6 Å². The number of urea groups is 1. The summed E-state index contributed by atoms with van der Waals surface area (Å²) in [6.07, 6.45) is 2.78. The molecule has 0 radical (unpaired) electrons. The van der Waals surface area contributed by atoms with Crippen LogP contribution in [0.3, 0.4) is 0 Å². The Morgan fingerprint density at radius 3 is 2.55 bits per heavy atom. The van der Waals surface area contributed by atoms with E-state index in [9.17, 15) is 14.4 Å². The number of para-hydroxylation sites is 1. The number of amides is 3. The van der Waals surface area contributed by atoms with E-state index in [0.29, 0.717) is 21.7 Å². The molecule has 0 bridgehead atoms. The van der Waals surface area contributed by atoms with Gasteiger partial charge in [0, 0.05) is 6.04 Å². The number of aromatic nitrogens is 2. The van der Waals surface area contributed by atoms with Crippen molar-refractivity contribution in [1.29, 1.82) is 0 Å². The van der Waals surface area contributed by atoms with Gasteiger partial charge in [0.25, 0.3) is 5.56 Å². The predicted octanol–water partition coefficient (Wildman–Crippen LogP) is 3.42. The Bertz CT molecular complexity index is 1190. The molecular weight excluding hydrogens is 412 g/mol. The summed E-state index contributed by atoms with van der Waals surface area (Å²) in [4.78, 5) is 42.4. The number of carbonyl (C=O) groups is 2. The molecule has 1 heterocycles. The zero-order valence-electron chi connectivity index (χ0n) is 17.4. The molecule has 0 saturated heterocycles. The molecule has 1 atom stereocenters. The lowest BCUT2D eigenvalue weighted by Crippen LogP contribution is -2.43. The largest absolute Gasteiger partial charge is 0.335 e. The van der Waals surface area contributed by atoms with Crippen molar-refractivity contribution in [2.75, 3.05) is 0 Å². The zero-order chi connectivity index (χ0) is 22.0. The van der Waals surface area contributed by atoms with Gasteiger partial charge in [-0.3, -0.25) is 19.5 Å². The van der Waals surface area contributed by atoms with Gasteiger partial charge in [0.1, 0.15) is 0 Å². The second-order valence-electron chi connectivity index (χ2n) is 7.57. The van der Waals surface area contributed by atoms with Gasteiger partial charge in [0.15, 0.2) is 5.16 Å². The number of imide groups is 1. The lowest BCUT2D eigenvalue weighted by atomic mass is 10.1. The van der Waals surface area contributed by atoms with E-state index < -0.39 is 17.2 Å². The molecule has 31 heavy (non-hydrogen) atoms. The number of thioether (sulfide) groups is 1. The third-order valence-electron chi connectivity index (χ3n) is 5.15. The van der Waals surface area contributed by atoms with E-state index in [4.69, 9.17) is 0 Å². The van der Waals surface area contributed by atoms with Crippen molar-refractivity contribution in [3.05, 3.63) is 64.4 Å². The Hall–Kier alpha value is -3.13. The van der Waals surface area contributed by atoms with E-state index >= 15 is 0 Å². The standard InChI is InChI=1S/C23H24N4O3S/c1-3-15-8-12-17(13-9-15)27-21(29)18-6-4-5-7-19(18)25-23(27)31-14(2)20(28)26-22(30)24-16-10-11-16/h4-9,12-14,16H,3,10-11H2,1-2H3,(H2,24,26,28,30). The van der Waals surface area contributed by atoms with Gasteiger partial charge >= 0.3 is 6.03 Å². The van der Waals surface area contributed by atoms with Crippen molar-refractivity contribution < 1.29 is 9.59 Å². The fraction of sp³-hybridized carbons (Fsp3) is 0.304. The van der Waals surface area contributed by atoms with Crippen molar-refractivity contribution >= 4 is 34.6 Å². The van der Waals surface area contributed by atoms with E-state index in [1.165, 1.54) is 4.57 Å². The third kappa shape index (κ3) is 4.80. The summed E-state index contributed by atoms with van der Waals surface area (Å²) < 4.78 is 1.53. The van der Waals surface area contributed by atoms with Crippen molar-refractivity contribution in [2.24, 2.45) is 0 Å². The lowest BCUT2D eigenvalue weighted by Gasteiger charge is -2.16. The van der Waals surface area contributed by atoms with Crippen LogP contribution in [-0.2, 0) is 11.2 Å². The molecule has 1 fully saturated rings. The van der Waals surface area contributed by atoms with Gasteiger partial charge in [-0.05, 0) is 56.0 Å². The maximum absolute atomic E-state index is 13.3. The van der Waals surface area contributed by atoms with E-state index in [2.05, 4.69) is 22.5 Å². The molecular formula is C23H24N4O3S. The molecule has 8 heteroatoms. The number of benzene rings is 2. The fourth-order valence-electron chi connectivity index (χ4n) is 3.17. The van der Waals surface area contributed by atoms with Crippen molar-refractivity contribution in [2.45, 2.75) is 49.6 Å². The smallest absolute Gasteiger partial charge is 0.321 e. The van der Waals surface area contributed by atoms with Gasteiger partial charge < -0.3 is 5.32 Å². The van der Waals surface area contributed by atoms with Crippen LogP contribution in [0.25, 0.3) is 16.6 Å². The number of fused-ring (bicyclic) bond motifs is 1. The molecule has 2 N–H and O–H groups in total. The van der Waals surface area contributed by atoms with E-state index in [1.807, 2.05) is 30.3 Å². The van der Waals surface area contributed by atoms with Gasteiger partial charge in [-0.25, -0.2) is 9.78 Å². The third-order valence-corrected chi connectivity index (χ3v) is 6.20. The Labute approximate surface area is 184 Å². The van der Waals surface area contributed by atoms with Gasteiger partial charge in [0.2, 0.25) is 5.91 Å². The summed E-state index contributed by atoms with van der Waals surface area (Å²) in [5, 5.41) is 5.39. The van der Waals surface area contributed by atoms with Crippen LogP contribution in [0.1, 0.15) is 32.3 Å². The molecule has 4 rings (SSSR count). The van der Waals surface area contributed by atoms with Crippen LogP contribution < -0.4 is 16.2 Å². The highest BCUT2D eigenvalue weighted by Gasteiger charge is 2.26. The average molecular weight is 437 g/mol. The lowest BCUT2D eigenvalue weighted by molar-refractivity contribution is -0.119. The van der Waals surface area contributed by atoms with Crippen LogP contribution in [0.2, 0.25) is 0 Å². The maximum Gasteiger partial charge on any atom is 0.321 e. The topological polar surface area (TPSA) is 93.1 Å². The molecule has 1 unspecified atom stereocenters. The molecule has 0 aliphatic heterocycles. The molecule has 3 aromatic rings. The highest BCUT2D eigenvalue weighted by Crippen LogP contribution is 2.25. The summed E-state index contributed by atoms with van der Waals surface area (Å²) in [6.45, 7) is 3.76. The van der Waals surface area contributed by atoms with Crippen molar-refractivity contribution in [1.82, 2.24) is 20.2 Å². The van der Waals surface area contributed by atoms with Crippen LogP contribution >= 0.6 is 11.8 Å². The Balaban J connectivity index is 1.67. The van der Waals surface area contributed by atoms with Crippen LogP contribution in [0.15, 0.2) is 58.5 Å². The predicted molar refractivity (Wildman–Crippen MR) is 122 cm³/mol. The van der Waals surface area contributed by atoms with Gasteiger partial charge in [-0.2, -0.15) is 0 Å². The monoisotopic (exact) mass is 436 g/mol. The number of hydrogen-bond donors (Lipinski definition) is 2. The SMILES string of the molecule is CCc1ccc(-n2c(SC(C)C(=O)NC(=O)NC3CC3)nc3ccccc3c2=O)cc1. The summed E-state index contributed by atoms with van der Waals surface area (Å²) in [5.74, 6) is -0.432. The normalized spacial score (nSPS) is 14.3. The Kier molecular flexibility index (Phi) is 6.08. The molecule has 3 amide bonds. The Morgan fingerprint density at radius 2 is 1.87 bits per heavy atom. The number of carbonyl (C=O) groups excluding carboxylic acids is 2. The Morgan fingerprint density at radius 1 is 1.16 bits per heavy atom. The fourth-order valence-corrected chi connectivity index (χ4v) is 4.10. The molecule has 0 spiro atoms. The second-order valence-corrected chi connectivity index (χ2v) is 8.88. The number of aryl methyl sites for hydroxylation is 1. The number of rotatable bonds is 6. The molecule has 1 aromatic heterocycles. The summed E-state index contributed by atoms with van der Waals surface area (Å²) in [6, 6.07) is 14.5. The van der Waals surface area contributed by atoms with Crippen molar-refractivity contribution in [3.63, 3.8) is 0 Å². The summed E-state index contributed by atoms with van der Waals surface area (Å²) in [5.41, 5.74) is 2.21. The van der Waals surface area contributed by atoms with E-state index in [1.54, 1.807) is 25.1 Å². The molecule has 160 valence electrons. The second kappa shape index (κ2) is 8.93.